The highest BCUT2D eigenvalue weighted by atomic mass is 32.5. The summed E-state index contributed by atoms with van der Waals surface area (Å²) in [6.45, 7) is 1.75. The lowest BCUT2D eigenvalue weighted by atomic mass is 10.1. The SMILES string of the molecule is CCCCCCCCCCCCCCOCC1COP(=S)(c2ccc(OC)cc2)O1. The summed E-state index contributed by atoms with van der Waals surface area (Å²) in [7, 11) is 1.65. The first-order valence-corrected chi connectivity index (χ1v) is 14.5. The van der Waals surface area contributed by atoms with E-state index in [1.165, 1.54) is 70.6 Å². The predicted molar refractivity (Wildman–Crippen MR) is 130 cm³/mol. The van der Waals surface area contributed by atoms with E-state index in [4.69, 9.17) is 30.3 Å². The van der Waals surface area contributed by atoms with Gasteiger partial charge in [-0.25, -0.2) is 0 Å². The number of hydrogen-bond acceptors (Lipinski definition) is 5. The minimum atomic E-state index is -2.40. The van der Waals surface area contributed by atoms with E-state index in [0.29, 0.717) is 13.2 Å². The summed E-state index contributed by atoms with van der Waals surface area (Å²) >= 11 is 5.67. The molecule has 0 amide bonds. The van der Waals surface area contributed by atoms with Crippen molar-refractivity contribution in [3.8, 4) is 5.75 Å². The maximum atomic E-state index is 6.06. The number of rotatable bonds is 17. The molecule has 1 fully saturated rings. The van der Waals surface area contributed by atoms with Gasteiger partial charge in [0.1, 0.15) is 11.9 Å². The van der Waals surface area contributed by atoms with Crippen molar-refractivity contribution in [3.05, 3.63) is 24.3 Å². The largest absolute Gasteiger partial charge is 0.497 e. The first-order valence-electron chi connectivity index (χ1n) is 11.8. The lowest BCUT2D eigenvalue weighted by Crippen LogP contribution is -2.18. The molecule has 0 saturated carbocycles. The minimum Gasteiger partial charge on any atom is -0.497 e. The number of benzene rings is 1. The first kappa shape index (κ1) is 25.8. The van der Waals surface area contributed by atoms with Crippen molar-refractivity contribution < 1.29 is 18.5 Å². The van der Waals surface area contributed by atoms with Crippen LogP contribution in [-0.2, 0) is 25.6 Å². The van der Waals surface area contributed by atoms with Crippen LogP contribution in [0, 0.1) is 0 Å². The Morgan fingerprint density at radius 2 is 1.47 bits per heavy atom. The first-order chi connectivity index (χ1) is 14.7. The molecule has 1 aromatic carbocycles. The molecule has 172 valence electrons. The van der Waals surface area contributed by atoms with Crippen LogP contribution in [0.25, 0.3) is 0 Å². The van der Waals surface area contributed by atoms with E-state index in [1.807, 2.05) is 24.3 Å². The summed E-state index contributed by atoms with van der Waals surface area (Å²) in [5.41, 5.74) is 0. The molecule has 1 heterocycles. The van der Waals surface area contributed by atoms with Gasteiger partial charge in [-0.2, -0.15) is 0 Å². The van der Waals surface area contributed by atoms with E-state index < -0.39 is 6.49 Å². The second-order valence-electron chi connectivity index (χ2n) is 8.18. The quantitative estimate of drug-likeness (QED) is 0.191. The van der Waals surface area contributed by atoms with Crippen LogP contribution < -0.4 is 10.0 Å². The van der Waals surface area contributed by atoms with Gasteiger partial charge in [0.05, 0.1) is 20.3 Å². The van der Waals surface area contributed by atoms with Gasteiger partial charge < -0.3 is 18.5 Å². The molecule has 2 atom stereocenters. The second kappa shape index (κ2) is 15.4. The van der Waals surface area contributed by atoms with Crippen molar-refractivity contribution in [2.24, 2.45) is 0 Å². The number of ether oxygens (including phenoxy) is 2. The predicted octanol–water partition coefficient (Wildman–Crippen LogP) is 6.76. The van der Waals surface area contributed by atoms with Gasteiger partial charge in [0.15, 0.2) is 0 Å². The molecule has 6 heteroatoms. The highest BCUT2D eigenvalue weighted by Crippen LogP contribution is 2.53. The van der Waals surface area contributed by atoms with E-state index in [-0.39, 0.29) is 6.10 Å². The Labute approximate surface area is 189 Å². The van der Waals surface area contributed by atoms with Crippen molar-refractivity contribution in [2.45, 2.75) is 90.1 Å². The van der Waals surface area contributed by atoms with Crippen LogP contribution in [0.15, 0.2) is 24.3 Å². The van der Waals surface area contributed by atoms with Gasteiger partial charge in [-0.05, 0) is 42.5 Å². The Hall–Kier alpha value is -0.450. The molecule has 4 nitrogen and oxygen atoms in total. The summed E-state index contributed by atoms with van der Waals surface area (Å²) < 4.78 is 22.9. The number of unbranched alkanes of at least 4 members (excludes halogenated alkanes) is 11. The molecule has 30 heavy (non-hydrogen) atoms. The second-order valence-corrected chi connectivity index (χ2v) is 11.6. The molecule has 1 aliphatic heterocycles. The fourth-order valence-electron chi connectivity index (χ4n) is 3.68. The minimum absolute atomic E-state index is 0.0599. The average Bonchev–Trinajstić information content (AvgIpc) is 3.16. The highest BCUT2D eigenvalue weighted by Gasteiger charge is 2.34. The van der Waals surface area contributed by atoms with Crippen molar-refractivity contribution >= 4 is 23.6 Å². The fourth-order valence-corrected chi connectivity index (χ4v) is 6.31. The third kappa shape index (κ3) is 9.78. The fraction of sp³-hybridized carbons (Fsp3) is 0.750. The third-order valence-electron chi connectivity index (χ3n) is 5.55. The van der Waals surface area contributed by atoms with Crippen molar-refractivity contribution in [2.75, 3.05) is 26.9 Å². The summed E-state index contributed by atoms with van der Waals surface area (Å²) in [6, 6.07) is 7.67. The van der Waals surface area contributed by atoms with Crippen LogP contribution in [0.1, 0.15) is 84.0 Å². The van der Waals surface area contributed by atoms with E-state index in [1.54, 1.807) is 7.11 Å². The van der Waals surface area contributed by atoms with Gasteiger partial charge in [-0.3, -0.25) is 0 Å². The lowest BCUT2D eigenvalue weighted by Gasteiger charge is -2.16. The summed E-state index contributed by atoms with van der Waals surface area (Å²) in [5, 5.41) is 0.932. The van der Waals surface area contributed by atoms with Crippen LogP contribution in [-0.4, -0.2) is 33.0 Å². The van der Waals surface area contributed by atoms with Gasteiger partial charge in [0.25, 0.3) is 0 Å². The summed E-state index contributed by atoms with van der Waals surface area (Å²) in [5.74, 6) is 0.807. The van der Waals surface area contributed by atoms with Crippen molar-refractivity contribution in [1.29, 1.82) is 0 Å². The zero-order valence-electron chi connectivity index (χ0n) is 19.0. The normalized spacial score (nSPS) is 21.2. The zero-order chi connectivity index (χ0) is 21.5. The molecular weight excluding hydrogens is 415 g/mol. The van der Waals surface area contributed by atoms with Crippen molar-refractivity contribution in [3.63, 3.8) is 0 Å². The topological polar surface area (TPSA) is 36.9 Å². The molecular formula is C24H41O4PS. The van der Waals surface area contributed by atoms with Crippen LogP contribution >= 0.6 is 6.49 Å². The Morgan fingerprint density at radius 3 is 2.03 bits per heavy atom. The molecule has 1 saturated heterocycles. The van der Waals surface area contributed by atoms with Crippen LogP contribution in [0.2, 0.25) is 0 Å². The molecule has 0 aliphatic carbocycles. The molecule has 0 aromatic heterocycles. The molecule has 0 spiro atoms. The average molecular weight is 457 g/mol. The van der Waals surface area contributed by atoms with Gasteiger partial charge >= 0.3 is 0 Å². The van der Waals surface area contributed by atoms with Gasteiger partial charge in [0, 0.05) is 11.9 Å². The Balaban J connectivity index is 1.44. The molecule has 0 radical (unpaired) electrons. The van der Waals surface area contributed by atoms with Gasteiger partial charge in [-0.15, -0.1) is 0 Å². The van der Waals surface area contributed by atoms with E-state index in [2.05, 4.69) is 6.92 Å². The molecule has 2 unspecified atom stereocenters. The lowest BCUT2D eigenvalue weighted by molar-refractivity contribution is 0.0592. The third-order valence-corrected chi connectivity index (χ3v) is 8.76. The zero-order valence-corrected chi connectivity index (χ0v) is 20.7. The smallest absolute Gasteiger partial charge is 0.220 e. The van der Waals surface area contributed by atoms with Gasteiger partial charge in [-0.1, -0.05) is 77.6 Å². The monoisotopic (exact) mass is 456 g/mol. The Morgan fingerprint density at radius 1 is 0.900 bits per heavy atom. The van der Waals surface area contributed by atoms with Crippen LogP contribution in [0.3, 0.4) is 0 Å². The molecule has 1 aromatic rings. The Bertz CT molecular complexity index is 608. The highest BCUT2D eigenvalue weighted by molar-refractivity contribution is 8.13. The van der Waals surface area contributed by atoms with E-state index in [9.17, 15) is 0 Å². The molecule has 1 aliphatic rings. The van der Waals surface area contributed by atoms with Gasteiger partial charge in [0.2, 0.25) is 6.49 Å². The van der Waals surface area contributed by atoms with E-state index in [0.717, 1.165) is 24.1 Å². The maximum absolute atomic E-state index is 6.06. The standard InChI is InChI=1S/C24H41O4PS/c1-3-4-5-6-7-8-9-10-11-12-13-14-19-26-20-23-21-27-29(30,28-23)24-17-15-22(25-2)16-18-24/h15-18,23H,3-14,19-21H2,1-2H3. The molecule has 2 rings (SSSR count). The summed E-state index contributed by atoms with van der Waals surface area (Å²) in [4.78, 5) is 0. The van der Waals surface area contributed by atoms with E-state index >= 15 is 0 Å². The number of hydrogen-bond donors (Lipinski definition) is 0. The van der Waals surface area contributed by atoms with Crippen molar-refractivity contribution in [1.82, 2.24) is 0 Å². The molecule has 0 N–H and O–H groups in total. The van der Waals surface area contributed by atoms with Crippen LogP contribution in [0.5, 0.6) is 5.75 Å². The Kier molecular flexibility index (Phi) is 13.2. The molecule has 0 bridgehead atoms. The number of methoxy groups -OCH3 is 1. The van der Waals surface area contributed by atoms with Crippen LogP contribution in [0.4, 0.5) is 0 Å². The maximum Gasteiger partial charge on any atom is 0.220 e. The summed E-state index contributed by atoms with van der Waals surface area (Å²) in [6.07, 6.45) is 16.2.